The Morgan fingerprint density at radius 2 is 1.86 bits per heavy atom. The average molecular weight is 545 g/mol. The van der Waals surface area contributed by atoms with E-state index in [0.717, 1.165) is 30.4 Å². The highest BCUT2D eigenvalue weighted by atomic mass is 32.2. The standard InChI is InChI=1S/C26H32N4O5S2/c1-17-9-8-15-27-23(17)22-13-7-12-21(30(22)25(31)34-26(2,3)4)18-10-6-11-19(28-18)24(35-37(5,32)33)20-14-16-36-29-20/h6,8-11,14-16,21-22,24H,7,12-13H2,1-5H3/t21-,22+,24?/m1/s1. The first-order chi connectivity index (χ1) is 17.4. The summed E-state index contributed by atoms with van der Waals surface area (Å²) in [5.41, 5.74) is 2.61. The second-order valence-corrected chi connectivity index (χ2v) is 12.4. The first kappa shape index (κ1) is 27.2. The highest BCUT2D eigenvalue weighted by molar-refractivity contribution is 7.86. The summed E-state index contributed by atoms with van der Waals surface area (Å²) in [7, 11) is -3.80. The van der Waals surface area contributed by atoms with Crippen LogP contribution in [0.1, 0.15) is 86.6 Å². The van der Waals surface area contributed by atoms with Gasteiger partial charge in [-0.2, -0.15) is 12.8 Å². The van der Waals surface area contributed by atoms with E-state index in [-0.39, 0.29) is 6.04 Å². The molecule has 1 aliphatic heterocycles. The number of hydrogen-bond donors (Lipinski definition) is 0. The molecule has 4 heterocycles. The third-order valence-corrected chi connectivity index (χ3v) is 7.11. The SMILES string of the molecule is Cc1cccnc1[C@@H]1CCC[C@H](c2cccc(C(OS(C)(=O)=O)c3ccsn3)n2)N1C(=O)OC(C)(C)C. The number of pyridine rings is 2. The van der Waals surface area contributed by atoms with Gasteiger partial charge in [-0.1, -0.05) is 12.1 Å². The van der Waals surface area contributed by atoms with Gasteiger partial charge in [0, 0.05) is 11.6 Å². The van der Waals surface area contributed by atoms with Crippen molar-refractivity contribution in [2.45, 2.75) is 70.7 Å². The van der Waals surface area contributed by atoms with Gasteiger partial charge >= 0.3 is 6.09 Å². The van der Waals surface area contributed by atoms with Gasteiger partial charge in [0.15, 0.2) is 6.10 Å². The maximum atomic E-state index is 13.6. The fourth-order valence-electron chi connectivity index (χ4n) is 4.56. The molecule has 4 rings (SSSR count). The summed E-state index contributed by atoms with van der Waals surface area (Å²) in [6.07, 6.45) is 3.57. The molecule has 0 radical (unpaired) electrons. The number of ether oxygens (including phenoxy) is 1. The molecule has 0 saturated carbocycles. The van der Waals surface area contributed by atoms with Crippen LogP contribution in [0.3, 0.4) is 0 Å². The van der Waals surface area contributed by atoms with Crippen molar-refractivity contribution in [1.29, 1.82) is 0 Å². The predicted octanol–water partition coefficient (Wildman–Crippen LogP) is 5.51. The van der Waals surface area contributed by atoms with Gasteiger partial charge in [-0.15, -0.1) is 0 Å². The van der Waals surface area contributed by atoms with Crippen molar-refractivity contribution in [3.63, 3.8) is 0 Å². The summed E-state index contributed by atoms with van der Waals surface area (Å²) in [6.45, 7) is 7.50. The number of aromatic nitrogens is 3. The molecule has 0 aromatic carbocycles. The van der Waals surface area contributed by atoms with E-state index in [4.69, 9.17) is 13.9 Å². The molecule has 3 aromatic heterocycles. The molecule has 0 aliphatic carbocycles. The van der Waals surface area contributed by atoms with Gasteiger partial charge < -0.3 is 4.74 Å². The van der Waals surface area contributed by atoms with Gasteiger partial charge in [-0.3, -0.25) is 19.1 Å². The van der Waals surface area contributed by atoms with E-state index in [1.807, 2.05) is 45.9 Å². The Morgan fingerprint density at radius 1 is 1.11 bits per heavy atom. The largest absolute Gasteiger partial charge is 0.444 e. The van der Waals surface area contributed by atoms with Gasteiger partial charge in [0.25, 0.3) is 10.1 Å². The number of carbonyl (C=O) groups excluding carboxylic acids is 1. The van der Waals surface area contributed by atoms with Crippen LogP contribution >= 0.6 is 11.5 Å². The molecule has 0 spiro atoms. The Labute approximate surface area is 222 Å². The molecule has 1 fully saturated rings. The van der Waals surface area contributed by atoms with Crippen LogP contribution in [0.25, 0.3) is 0 Å². The van der Waals surface area contributed by atoms with Gasteiger partial charge in [0.2, 0.25) is 0 Å². The van der Waals surface area contributed by atoms with E-state index in [1.165, 1.54) is 11.5 Å². The lowest BCUT2D eigenvalue weighted by Crippen LogP contribution is -2.44. The van der Waals surface area contributed by atoms with Crippen molar-refractivity contribution in [2.75, 3.05) is 6.26 Å². The molecule has 3 aromatic rings. The number of aryl methyl sites for hydroxylation is 1. The van der Waals surface area contributed by atoms with E-state index >= 15 is 0 Å². The summed E-state index contributed by atoms with van der Waals surface area (Å²) in [6, 6.07) is 10.2. The van der Waals surface area contributed by atoms with E-state index < -0.39 is 34.0 Å². The number of nitrogens with zero attached hydrogens (tertiary/aromatic N) is 4. The fraction of sp³-hybridized carbons (Fsp3) is 0.462. The number of carbonyl (C=O) groups is 1. The van der Waals surface area contributed by atoms with E-state index in [9.17, 15) is 13.2 Å². The predicted molar refractivity (Wildman–Crippen MR) is 141 cm³/mol. The van der Waals surface area contributed by atoms with Gasteiger partial charge in [-0.05, 0) is 88.3 Å². The van der Waals surface area contributed by atoms with Gasteiger partial charge in [0.1, 0.15) is 5.60 Å². The lowest BCUT2D eigenvalue weighted by molar-refractivity contribution is -0.00808. The van der Waals surface area contributed by atoms with Crippen LogP contribution in [-0.4, -0.2) is 45.6 Å². The topological polar surface area (TPSA) is 112 Å². The number of amides is 1. The van der Waals surface area contributed by atoms with Crippen molar-refractivity contribution in [1.82, 2.24) is 19.2 Å². The minimum atomic E-state index is -3.80. The maximum Gasteiger partial charge on any atom is 0.411 e. The van der Waals surface area contributed by atoms with E-state index in [2.05, 4.69) is 9.36 Å². The molecule has 3 atom stereocenters. The number of likely N-dealkylation sites (tertiary alicyclic amines) is 1. The lowest BCUT2D eigenvalue weighted by atomic mass is 9.90. The van der Waals surface area contributed by atoms with Crippen LogP contribution in [0.4, 0.5) is 4.79 Å². The smallest absolute Gasteiger partial charge is 0.411 e. The first-order valence-corrected chi connectivity index (χ1v) is 14.8. The third kappa shape index (κ3) is 6.71. The molecule has 0 bridgehead atoms. The van der Waals surface area contributed by atoms with Crippen LogP contribution in [0.5, 0.6) is 0 Å². The molecule has 11 heteroatoms. The summed E-state index contributed by atoms with van der Waals surface area (Å²) in [4.78, 5) is 24.8. The summed E-state index contributed by atoms with van der Waals surface area (Å²) in [5, 5.41) is 1.75. The third-order valence-electron chi connectivity index (χ3n) is 6.00. The van der Waals surface area contributed by atoms with Crippen LogP contribution in [-0.2, 0) is 19.0 Å². The molecular formula is C26H32N4O5S2. The minimum absolute atomic E-state index is 0.290. The molecule has 1 saturated heterocycles. The molecule has 1 amide bonds. The van der Waals surface area contributed by atoms with Crippen LogP contribution < -0.4 is 0 Å². The van der Waals surface area contributed by atoms with Crippen LogP contribution in [0.15, 0.2) is 48.0 Å². The molecule has 37 heavy (non-hydrogen) atoms. The van der Waals surface area contributed by atoms with Crippen molar-refractivity contribution < 1.29 is 22.1 Å². The van der Waals surface area contributed by atoms with Crippen molar-refractivity contribution in [2.24, 2.45) is 0 Å². The Hall–Kier alpha value is -2.89. The van der Waals surface area contributed by atoms with Crippen LogP contribution in [0.2, 0.25) is 0 Å². The van der Waals surface area contributed by atoms with Gasteiger partial charge in [0.05, 0.1) is 41.1 Å². The molecular weight excluding hydrogens is 512 g/mol. The Bertz CT molecular complexity index is 1340. The zero-order valence-electron chi connectivity index (χ0n) is 21.6. The lowest BCUT2D eigenvalue weighted by Gasteiger charge is -2.42. The zero-order valence-corrected chi connectivity index (χ0v) is 23.3. The number of hydrogen-bond acceptors (Lipinski definition) is 9. The molecule has 198 valence electrons. The van der Waals surface area contributed by atoms with E-state index in [0.29, 0.717) is 23.5 Å². The normalized spacial score (nSPS) is 19.4. The van der Waals surface area contributed by atoms with Crippen molar-refractivity contribution >= 4 is 27.7 Å². The highest BCUT2D eigenvalue weighted by Crippen LogP contribution is 2.42. The van der Waals surface area contributed by atoms with Crippen molar-refractivity contribution in [3.05, 3.63) is 76.3 Å². The highest BCUT2D eigenvalue weighted by Gasteiger charge is 2.40. The molecule has 9 nitrogen and oxygen atoms in total. The van der Waals surface area contributed by atoms with Crippen molar-refractivity contribution in [3.8, 4) is 0 Å². The second-order valence-electron chi connectivity index (χ2n) is 10.1. The molecule has 1 aliphatic rings. The summed E-state index contributed by atoms with van der Waals surface area (Å²) < 4.78 is 39.6. The Kier molecular flexibility index (Phi) is 7.96. The summed E-state index contributed by atoms with van der Waals surface area (Å²) >= 11 is 1.20. The van der Waals surface area contributed by atoms with Gasteiger partial charge in [-0.25, -0.2) is 4.79 Å². The fourth-order valence-corrected chi connectivity index (χ4v) is 5.64. The minimum Gasteiger partial charge on any atom is -0.444 e. The Balaban J connectivity index is 1.77. The number of piperidine rings is 1. The quantitative estimate of drug-likeness (QED) is 0.374. The maximum absolute atomic E-state index is 13.6. The average Bonchev–Trinajstić information content (AvgIpc) is 3.36. The first-order valence-electron chi connectivity index (χ1n) is 12.1. The van der Waals surface area contributed by atoms with Crippen LogP contribution in [0, 0.1) is 6.92 Å². The Morgan fingerprint density at radius 3 is 2.51 bits per heavy atom. The molecule has 1 unspecified atom stereocenters. The summed E-state index contributed by atoms with van der Waals surface area (Å²) in [5.74, 6) is 0. The second kappa shape index (κ2) is 10.8. The van der Waals surface area contributed by atoms with E-state index in [1.54, 1.807) is 34.7 Å². The molecule has 0 N–H and O–H groups in total. The zero-order chi connectivity index (χ0) is 26.8. The number of rotatable bonds is 6. The monoisotopic (exact) mass is 544 g/mol.